The molecule has 1 fully saturated rings. The van der Waals surface area contributed by atoms with Gasteiger partial charge in [0.1, 0.15) is 17.7 Å². The zero-order valence-corrected chi connectivity index (χ0v) is 22.1. The lowest BCUT2D eigenvalue weighted by Gasteiger charge is -2.50. The number of aliphatic carboxylic acids is 1. The first kappa shape index (κ1) is 29.9. The Hall–Kier alpha value is -3.64. The van der Waals surface area contributed by atoms with E-state index < -0.39 is 30.5 Å². The van der Waals surface area contributed by atoms with Gasteiger partial charge in [-0.2, -0.15) is 8.78 Å². The molecule has 212 valence electrons. The molecule has 39 heavy (non-hydrogen) atoms. The number of halogens is 2. The van der Waals surface area contributed by atoms with Gasteiger partial charge in [-0.3, -0.25) is 9.59 Å². The molecule has 10 nitrogen and oxygen atoms in total. The summed E-state index contributed by atoms with van der Waals surface area (Å²) in [6, 6.07) is 10.5. The molecule has 1 aliphatic rings. The molecule has 3 rings (SSSR count). The fourth-order valence-electron chi connectivity index (χ4n) is 4.40. The van der Waals surface area contributed by atoms with Gasteiger partial charge in [0, 0.05) is 18.8 Å². The number of amides is 2. The van der Waals surface area contributed by atoms with E-state index in [-0.39, 0.29) is 62.7 Å². The molecule has 2 N–H and O–H groups in total. The zero-order valence-electron chi connectivity index (χ0n) is 22.1. The van der Waals surface area contributed by atoms with Crippen LogP contribution in [0.2, 0.25) is 0 Å². The Balaban J connectivity index is 1.74. The normalized spacial score (nSPS) is 14.3. The number of likely N-dealkylation sites (tertiary alicyclic amines) is 1. The predicted octanol–water partition coefficient (Wildman–Crippen LogP) is 3.34. The molecule has 0 aliphatic carbocycles. The van der Waals surface area contributed by atoms with Crippen LogP contribution in [0.15, 0.2) is 36.4 Å². The van der Waals surface area contributed by atoms with E-state index in [0.29, 0.717) is 5.69 Å². The average Bonchev–Trinajstić information content (AvgIpc) is 2.84. The first-order valence-electron chi connectivity index (χ1n) is 12.5. The number of hydrogen-bond donors (Lipinski definition) is 2. The summed E-state index contributed by atoms with van der Waals surface area (Å²) < 4.78 is 40.7. The van der Waals surface area contributed by atoms with Crippen molar-refractivity contribution in [3.05, 3.63) is 53.2 Å². The van der Waals surface area contributed by atoms with Gasteiger partial charge in [-0.25, -0.2) is 9.78 Å². The molecule has 0 radical (unpaired) electrons. The van der Waals surface area contributed by atoms with E-state index in [0.717, 1.165) is 11.1 Å². The van der Waals surface area contributed by atoms with Gasteiger partial charge in [0.2, 0.25) is 17.7 Å². The molecule has 1 aromatic carbocycles. The molecule has 1 aromatic heterocycles. The lowest BCUT2D eigenvalue weighted by molar-refractivity contribution is -0.145. The standard InChI is InChI=1S/C27H33F2N3O7/c1-17(2)19-6-4-5-7-20(19)27(25(36)31-21-9-8-18(3)30-24(21)39-26(28)29)15-32(16-27)22(33)10-11-37-12-13-38-14-23(34)35/h4-9,17,26H,10-16H2,1-3H3,(H,31,36)(H,34,35). The van der Waals surface area contributed by atoms with Crippen molar-refractivity contribution in [2.45, 2.75) is 45.1 Å². The number of benzene rings is 1. The van der Waals surface area contributed by atoms with Gasteiger partial charge < -0.3 is 29.5 Å². The van der Waals surface area contributed by atoms with E-state index >= 15 is 0 Å². The number of pyridine rings is 1. The predicted molar refractivity (Wildman–Crippen MR) is 137 cm³/mol. The second kappa shape index (κ2) is 13.4. The van der Waals surface area contributed by atoms with Crippen LogP contribution in [0.5, 0.6) is 5.88 Å². The minimum absolute atomic E-state index is 0.00981. The van der Waals surface area contributed by atoms with Crippen molar-refractivity contribution in [1.29, 1.82) is 0 Å². The van der Waals surface area contributed by atoms with Gasteiger partial charge in [0.15, 0.2) is 0 Å². The van der Waals surface area contributed by atoms with Crippen molar-refractivity contribution in [3.63, 3.8) is 0 Å². The molecule has 0 unspecified atom stereocenters. The number of carbonyl (C=O) groups is 3. The van der Waals surface area contributed by atoms with Gasteiger partial charge >= 0.3 is 12.6 Å². The Morgan fingerprint density at radius 3 is 2.44 bits per heavy atom. The van der Waals surface area contributed by atoms with Crippen LogP contribution < -0.4 is 10.1 Å². The Morgan fingerprint density at radius 2 is 1.77 bits per heavy atom. The maximum absolute atomic E-state index is 13.8. The molecule has 2 amide bonds. The summed E-state index contributed by atoms with van der Waals surface area (Å²) in [5.41, 5.74) is 1.03. The van der Waals surface area contributed by atoms with Gasteiger partial charge in [-0.15, -0.1) is 0 Å². The topological polar surface area (TPSA) is 127 Å². The van der Waals surface area contributed by atoms with Crippen LogP contribution in [0.25, 0.3) is 0 Å². The zero-order chi connectivity index (χ0) is 28.6. The van der Waals surface area contributed by atoms with Crippen molar-refractivity contribution in [1.82, 2.24) is 9.88 Å². The lowest BCUT2D eigenvalue weighted by atomic mass is 9.69. The highest BCUT2D eigenvalue weighted by atomic mass is 19.3. The third-order valence-corrected chi connectivity index (χ3v) is 6.31. The van der Waals surface area contributed by atoms with E-state index in [1.807, 2.05) is 38.1 Å². The average molecular weight is 550 g/mol. The summed E-state index contributed by atoms with van der Waals surface area (Å²) in [6.45, 7) is 2.60. The Morgan fingerprint density at radius 1 is 1.08 bits per heavy atom. The number of ether oxygens (including phenoxy) is 3. The number of nitrogens with zero attached hydrogens (tertiary/aromatic N) is 2. The second-order valence-electron chi connectivity index (χ2n) is 9.52. The first-order valence-corrected chi connectivity index (χ1v) is 12.5. The molecule has 1 saturated heterocycles. The van der Waals surface area contributed by atoms with Crippen LogP contribution in [0.1, 0.15) is 43.0 Å². The number of carbonyl (C=O) groups excluding carboxylic acids is 2. The lowest BCUT2D eigenvalue weighted by Crippen LogP contribution is -2.66. The first-order chi connectivity index (χ1) is 18.5. The Bertz CT molecular complexity index is 1170. The van der Waals surface area contributed by atoms with Crippen LogP contribution >= 0.6 is 0 Å². The van der Waals surface area contributed by atoms with Crippen LogP contribution in [0.4, 0.5) is 14.5 Å². The van der Waals surface area contributed by atoms with E-state index in [1.165, 1.54) is 6.07 Å². The van der Waals surface area contributed by atoms with E-state index in [9.17, 15) is 23.2 Å². The molecule has 2 aromatic rings. The molecule has 0 spiro atoms. The van der Waals surface area contributed by atoms with Gasteiger partial charge in [-0.1, -0.05) is 38.1 Å². The van der Waals surface area contributed by atoms with Crippen LogP contribution in [0, 0.1) is 6.92 Å². The summed E-state index contributed by atoms with van der Waals surface area (Å²) in [6.07, 6.45) is 0.0662. The number of carboxylic acids is 1. The molecular formula is C27H33F2N3O7. The third kappa shape index (κ3) is 7.70. The summed E-state index contributed by atoms with van der Waals surface area (Å²) in [4.78, 5) is 42.6. The number of rotatable bonds is 14. The monoisotopic (exact) mass is 549 g/mol. The number of alkyl halides is 2. The summed E-state index contributed by atoms with van der Waals surface area (Å²) in [5, 5.41) is 11.3. The minimum atomic E-state index is -3.12. The molecular weight excluding hydrogens is 516 g/mol. The third-order valence-electron chi connectivity index (χ3n) is 6.31. The van der Waals surface area contributed by atoms with Crippen molar-refractivity contribution < 1.29 is 42.5 Å². The molecule has 2 heterocycles. The van der Waals surface area contributed by atoms with Crippen LogP contribution in [-0.4, -0.2) is 78.9 Å². The van der Waals surface area contributed by atoms with Gasteiger partial charge in [-0.05, 0) is 36.1 Å². The number of carboxylic acid groups (broad SMARTS) is 1. The van der Waals surface area contributed by atoms with Crippen molar-refractivity contribution in [2.75, 3.05) is 44.8 Å². The largest absolute Gasteiger partial charge is 0.480 e. The highest BCUT2D eigenvalue weighted by Gasteiger charge is 2.53. The summed E-state index contributed by atoms with van der Waals surface area (Å²) in [5.74, 6) is -2.05. The molecule has 0 saturated carbocycles. The summed E-state index contributed by atoms with van der Waals surface area (Å²) >= 11 is 0. The second-order valence-corrected chi connectivity index (χ2v) is 9.52. The van der Waals surface area contributed by atoms with Crippen LogP contribution in [0.3, 0.4) is 0 Å². The Kier molecular flexibility index (Phi) is 10.3. The van der Waals surface area contributed by atoms with Crippen LogP contribution in [-0.2, 0) is 29.3 Å². The fraction of sp³-hybridized carbons (Fsp3) is 0.481. The van der Waals surface area contributed by atoms with E-state index in [4.69, 9.17) is 14.6 Å². The highest BCUT2D eigenvalue weighted by molar-refractivity contribution is 6.02. The number of anilines is 1. The van der Waals surface area contributed by atoms with Crippen molar-refractivity contribution >= 4 is 23.5 Å². The van der Waals surface area contributed by atoms with E-state index in [2.05, 4.69) is 15.0 Å². The summed E-state index contributed by atoms with van der Waals surface area (Å²) in [7, 11) is 0. The van der Waals surface area contributed by atoms with Gasteiger partial charge in [0.25, 0.3) is 0 Å². The SMILES string of the molecule is Cc1ccc(NC(=O)C2(c3ccccc3C(C)C)CN(C(=O)CCOCCOCC(=O)O)C2)c(OC(F)F)n1. The molecule has 1 aliphatic heterocycles. The van der Waals surface area contributed by atoms with Crippen molar-refractivity contribution in [2.24, 2.45) is 0 Å². The quantitative estimate of drug-likeness (QED) is 0.344. The maximum Gasteiger partial charge on any atom is 0.388 e. The minimum Gasteiger partial charge on any atom is -0.480 e. The highest BCUT2D eigenvalue weighted by Crippen LogP contribution is 2.40. The fourth-order valence-corrected chi connectivity index (χ4v) is 4.40. The number of nitrogens with one attached hydrogen (secondary N) is 1. The molecule has 12 heteroatoms. The maximum atomic E-state index is 13.8. The number of aryl methyl sites for hydroxylation is 1. The molecule has 0 bridgehead atoms. The number of aromatic nitrogens is 1. The Labute approximate surface area is 225 Å². The number of hydrogen-bond acceptors (Lipinski definition) is 7. The van der Waals surface area contributed by atoms with E-state index in [1.54, 1.807) is 17.9 Å². The molecule has 0 atom stereocenters. The smallest absolute Gasteiger partial charge is 0.388 e. The van der Waals surface area contributed by atoms with Crippen molar-refractivity contribution in [3.8, 4) is 5.88 Å². The van der Waals surface area contributed by atoms with Gasteiger partial charge in [0.05, 0.1) is 26.2 Å².